The second-order valence-electron chi connectivity index (χ2n) is 17.8. The van der Waals surface area contributed by atoms with Gasteiger partial charge in [-0.15, -0.1) is 0 Å². The molecule has 2 nitrogen and oxygen atoms in total. The normalized spacial score (nSPS) is 13.4. The smallest absolute Gasteiger partial charge is 0.136 e. The van der Waals surface area contributed by atoms with Crippen LogP contribution in [0.3, 0.4) is 0 Å². The summed E-state index contributed by atoms with van der Waals surface area (Å²) >= 11 is 0. The zero-order chi connectivity index (χ0) is 41.6. The third-order valence-electron chi connectivity index (χ3n) is 14.3. The van der Waals surface area contributed by atoms with Crippen molar-refractivity contribution in [3.8, 4) is 44.5 Å². The Morgan fingerprint density at radius 1 is 0.286 bits per heavy atom. The quantitative estimate of drug-likeness (QED) is 0.166. The monoisotopic (exact) mass is 802 g/mol. The van der Waals surface area contributed by atoms with Crippen LogP contribution in [0.5, 0.6) is 0 Å². The molecule has 0 saturated carbocycles. The second-order valence-corrected chi connectivity index (χ2v) is 17.8. The summed E-state index contributed by atoms with van der Waals surface area (Å²) in [5, 5.41) is 14.2. The van der Waals surface area contributed by atoms with Gasteiger partial charge < -0.3 is 8.83 Å². The average molecular weight is 803 g/mol. The number of hydrogen-bond donors (Lipinski definition) is 0. The van der Waals surface area contributed by atoms with Gasteiger partial charge in [-0.2, -0.15) is 0 Å². The first-order valence-corrected chi connectivity index (χ1v) is 21.9. The minimum atomic E-state index is -0.139. The first-order valence-electron chi connectivity index (χ1n) is 21.9. The summed E-state index contributed by atoms with van der Waals surface area (Å²) in [6.07, 6.45) is 0. The minimum absolute atomic E-state index is 0.139. The summed E-state index contributed by atoms with van der Waals surface area (Å²) in [6, 6.07) is 71.2. The molecule has 11 aromatic carbocycles. The van der Waals surface area contributed by atoms with Crippen molar-refractivity contribution in [2.75, 3.05) is 0 Å². The Hall–Kier alpha value is -7.94. The van der Waals surface area contributed by atoms with Gasteiger partial charge in [0.25, 0.3) is 0 Å². The molecule has 0 aliphatic heterocycles. The van der Waals surface area contributed by atoms with Crippen LogP contribution in [0, 0.1) is 0 Å². The van der Waals surface area contributed by atoms with Gasteiger partial charge in [0.05, 0.1) is 0 Å². The molecular weight excluding hydrogens is 765 g/mol. The fraction of sp³-hybridized carbons (Fsp3) is 0.0492. The Morgan fingerprint density at radius 2 is 0.714 bits per heavy atom. The standard InChI is InChI=1S/C61H38O2/c1-61(2)49-26-8-7-18-45(49)56-46(25-11-27-50(56)61)55-43-21-9-19-39(41-23-12-28-51-59(41)57-37-16-5-3-14-35(37)30-32-53(57)62-51)47(43)34-48-40(20-10-22-44(48)55)42-24-13-29-52-60(42)58-38-17-6-4-15-36(38)31-33-54(58)63-52/h3-34H,1-2H3. The zero-order valence-corrected chi connectivity index (χ0v) is 34.8. The number of hydrogen-bond acceptors (Lipinski definition) is 2. The molecule has 13 aromatic rings. The zero-order valence-electron chi connectivity index (χ0n) is 34.8. The molecule has 0 atom stereocenters. The molecule has 2 heteroatoms. The number of fused-ring (bicyclic) bond motifs is 15. The molecule has 0 N–H and O–H groups in total. The SMILES string of the molecule is CC1(C)c2ccccc2-c2c(-c3c4cccc(-c5cccc6oc7ccc8ccccc8c7c56)c4cc4c(-c5cccc6oc7ccc8ccccc8c7c56)cccc34)cccc21. The first kappa shape index (κ1) is 34.7. The lowest BCUT2D eigenvalue weighted by molar-refractivity contribution is 0.660. The van der Waals surface area contributed by atoms with Crippen molar-refractivity contribution in [1.29, 1.82) is 0 Å². The second kappa shape index (κ2) is 12.6. The van der Waals surface area contributed by atoms with E-state index in [1.807, 2.05) is 0 Å². The van der Waals surface area contributed by atoms with Crippen LogP contribution in [0.25, 0.3) is 131 Å². The maximum absolute atomic E-state index is 6.67. The molecule has 0 fully saturated rings. The molecule has 0 unspecified atom stereocenters. The summed E-state index contributed by atoms with van der Waals surface area (Å²) in [6.45, 7) is 4.75. The maximum Gasteiger partial charge on any atom is 0.136 e. The molecule has 0 spiro atoms. The van der Waals surface area contributed by atoms with Crippen molar-refractivity contribution in [1.82, 2.24) is 0 Å². The molecule has 0 amide bonds. The van der Waals surface area contributed by atoms with E-state index in [4.69, 9.17) is 8.83 Å². The van der Waals surface area contributed by atoms with E-state index in [0.717, 1.165) is 55.0 Å². The van der Waals surface area contributed by atoms with Crippen LogP contribution in [-0.2, 0) is 5.41 Å². The van der Waals surface area contributed by atoms with Gasteiger partial charge in [-0.1, -0.05) is 178 Å². The third kappa shape index (κ3) is 4.67. The maximum atomic E-state index is 6.67. The predicted molar refractivity (Wildman–Crippen MR) is 265 cm³/mol. The van der Waals surface area contributed by atoms with Gasteiger partial charge in [0.15, 0.2) is 0 Å². The highest BCUT2D eigenvalue weighted by molar-refractivity contribution is 6.28. The van der Waals surface area contributed by atoms with Crippen LogP contribution in [0.4, 0.5) is 0 Å². The lowest BCUT2D eigenvalue weighted by Gasteiger charge is -2.22. The van der Waals surface area contributed by atoms with E-state index in [1.54, 1.807) is 0 Å². The molecule has 63 heavy (non-hydrogen) atoms. The molecular formula is C61H38O2. The van der Waals surface area contributed by atoms with Crippen LogP contribution in [0.1, 0.15) is 25.0 Å². The van der Waals surface area contributed by atoms with E-state index in [9.17, 15) is 0 Å². The summed E-state index contributed by atoms with van der Waals surface area (Å²) < 4.78 is 13.3. The Labute approximate surface area is 363 Å². The van der Waals surface area contributed by atoms with E-state index in [2.05, 4.69) is 208 Å². The Bertz CT molecular complexity index is 3910. The average Bonchev–Trinajstić information content (AvgIpc) is 3.99. The highest BCUT2D eigenvalue weighted by Crippen LogP contribution is 2.55. The van der Waals surface area contributed by atoms with Crippen molar-refractivity contribution in [2.24, 2.45) is 0 Å². The molecule has 0 bridgehead atoms. The van der Waals surface area contributed by atoms with Gasteiger partial charge in [-0.25, -0.2) is 0 Å². The highest BCUT2D eigenvalue weighted by atomic mass is 16.3. The van der Waals surface area contributed by atoms with E-state index < -0.39 is 0 Å². The van der Waals surface area contributed by atoms with Crippen molar-refractivity contribution < 1.29 is 8.83 Å². The lowest BCUT2D eigenvalue weighted by Crippen LogP contribution is -2.14. The lowest BCUT2D eigenvalue weighted by atomic mass is 9.80. The van der Waals surface area contributed by atoms with Crippen molar-refractivity contribution in [3.05, 3.63) is 205 Å². The Balaban J connectivity index is 1.16. The fourth-order valence-electron chi connectivity index (χ4n) is 11.5. The fourth-order valence-corrected chi connectivity index (χ4v) is 11.5. The van der Waals surface area contributed by atoms with Gasteiger partial charge in [-0.3, -0.25) is 0 Å². The van der Waals surface area contributed by atoms with Crippen LogP contribution in [0.15, 0.2) is 203 Å². The summed E-state index contributed by atoms with van der Waals surface area (Å²) in [5.41, 5.74) is 16.0. The molecule has 0 saturated heterocycles. The van der Waals surface area contributed by atoms with Crippen LogP contribution < -0.4 is 0 Å². The largest absolute Gasteiger partial charge is 0.456 e. The number of rotatable bonds is 3. The minimum Gasteiger partial charge on any atom is -0.456 e. The first-order chi connectivity index (χ1) is 31.0. The molecule has 1 aliphatic carbocycles. The molecule has 2 heterocycles. The van der Waals surface area contributed by atoms with E-state index in [1.165, 1.54) is 87.6 Å². The summed E-state index contributed by atoms with van der Waals surface area (Å²) in [4.78, 5) is 0. The third-order valence-corrected chi connectivity index (χ3v) is 14.3. The van der Waals surface area contributed by atoms with E-state index >= 15 is 0 Å². The molecule has 0 radical (unpaired) electrons. The number of furan rings is 2. The van der Waals surface area contributed by atoms with Crippen LogP contribution >= 0.6 is 0 Å². The molecule has 294 valence electrons. The predicted octanol–water partition coefficient (Wildman–Crippen LogP) is 17.4. The van der Waals surface area contributed by atoms with Gasteiger partial charge >= 0.3 is 0 Å². The summed E-state index contributed by atoms with van der Waals surface area (Å²) in [5.74, 6) is 0. The topological polar surface area (TPSA) is 26.3 Å². The Morgan fingerprint density at radius 3 is 1.32 bits per heavy atom. The van der Waals surface area contributed by atoms with Gasteiger partial charge in [0, 0.05) is 27.0 Å². The van der Waals surface area contributed by atoms with Crippen LogP contribution in [0.2, 0.25) is 0 Å². The molecule has 1 aliphatic rings. The highest BCUT2D eigenvalue weighted by Gasteiger charge is 2.37. The van der Waals surface area contributed by atoms with Gasteiger partial charge in [0.1, 0.15) is 22.3 Å². The molecule has 14 rings (SSSR count). The molecule has 2 aromatic heterocycles. The van der Waals surface area contributed by atoms with Gasteiger partial charge in [-0.05, 0) is 129 Å². The van der Waals surface area contributed by atoms with E-state index in [-0.39, 0.29) is 5.41 Å². The van der Waals surface area contributed by atoms with E-state index in [0.29, 0.717) is 0 Å². The van der Waals surface area contributed by atoms with Crippen molar-refractivity contribution in [3.63, 3.8) is 0 Å². The van der Waals surface area contributed by atoms with Crippen molar-refractivity contribution in [2.45, 2.75) is 19.3 Å². The van der Waals surface area contributed by atoms with Crippen LogP contribution in [-0.4, -0.2) is 0 Å². The Kier molecular flexibility index (Phi) is 6.93. The van der Waals surface area contributed by atoms with Gasteiger partial charge in [0.2, 0.25) is 0 Å². The number of benzene rings is 11. The summed E-state index contributed by atoms with van der Waals surface area (Å²) in [7, 11) is 0. The van der Waals surface area contributed by atoms with Crippen molar-refractivity contribution >= 4 is 87.0 Å².